The van der Waals surface area contributed by atoms with E-state index in [-0.39, 0.29) is 0 Å². The smallest absolute Gasteiger partial charge is 0.125 e. The van der Waals surface area contributed by atoms with Crippen molar-refractivity contribution >= 4 is 22.6 Å². The first-order valence-corrected chi connectivity index (χ1v) is 7.55. The fourth-order valence-electron chi connectivity index (χ4n) is 3.01. The third kappa shape index (κ3) is 2.38. The van der Waals surface area contributed by atoms with Crippen molar-refractivity contribution in [1.82, 2.24) is 14.5 Å². The van der Waals surface area contributed by atoms with Gasteiger partial charge >= 0.3 is 0 Å². The van der Waals surface area contributed by atoms with E-state index in [1.807, 2.05) is 12.1 Å². The Morgan fingerprint density at radius 2 is 2.10 bits per heavy atom. The van der Waals surface area contributed by atoms with Gasteiger partial charge in [-0.25, -0.2) is 4.98 Å². The Morgan fingerprint density at radius 1 is 1.35 bits per heavy atom. The molecule has 0 amide bonds. The van der Waals surface area contributed by atoms with Crippen LogP contribution in [0, 0.1) is 0 Å². The molecule has 4 nitrogen and oxygen atoms in total. The molecular formula is C15H20ClN3O. The van der Waals surface area contributed by atoms with E-state index in [2.05, 4.69) is 27.6 Å². The van der Waals surface area contributed by atoms with E-state index in [4.69, 9.17) is 16.3 Å². The van der Waals surface area contributed by atoms with Gasteiger partial charge in [-0.2, -0.15) is 0 Å². The number of halogens is 1. The summed E-state index contributed by atoms with van der Waals surface area (Å²) in [6.45, 7) is 2.25. The van der Waals surface area contributed by atoms with Gasteiger partial charge in [0.05, 0.1) is 24.0 Å². The molecule has 0 aliphatic carbocycles. The molecular weight excluding hydrogens is 274 g/mol. The summed E-state index contributed by atoms with van der Waals surface area (Å²) >= 11 is 6.10. The number of piperidine rings is 1. The van der Waals surface area contributed by atoms with Gasteiger partial charge in [0.15, 0.2) is 0 Å². The van der Waals surface area contributed by atoms with E-state index in [1.165, 1.54) is 0 Å². The number of nitrogens with zero attached hydrogens (tertiary/aromatic N) is 3. The van der Waals surface area contributed by atoms with E-state index >= 15 is 0 Å². The highest BCUT2D eigenvalue weighted by Crippen LogP contribution is 2.30. The second kappa shape index (κ2) is 5.62. The SMILES string of the molecule is COc1ccc2c(c1)nc(CCl)n2C1CCN(C)CC1. The second-order valence-electron chi connectivity index (χ2n) is 5.42. The van der Waals surface area contributed by atoms with Crippen molar-refractivity contribution < 1.29 is 4.74 Å². The van der Waals surface area contributed by atoms with Crippen molar-refractivity contribution in [3.8, 4) is 5.75 Å². The molecule has 108 valence electrons. The zero-order valence-corrected chi connectivity index (χ0v) is 12.7. The lowest BCUT2D eigenvalue weighted by atomic mass is 10.0. The lowest BCUT2D eigenvalue weighted by Gasteiger charge is -2.31. The summed E-state index contributed by atoms with van der Waals surface area (Å²) in [5.41, 5.74) is 2.13. The molecule has 1 aliphatic heterocycles. The number of likely N-dealkylation sites (tertiary alicyclic amines) is 1. The molecule has 2 heterocycles. The molecule has 1 saturated heterocycles. The Bertz CT molecular complexity index is 602. The summed E-state index contributed by atoms with van der Waals surface area (Å²) in [5.74, 6) is 2.25. The molecule has 3 rings (SSSR count). The lowest BCUT2D eigenvalue weighted by Crippen LogP contribution is -2.31. The van der Waals surface area contributed by atoms with Crippen molar-refractivity contribution in [1.29, 1.82) is 0 Å². The van der Waals surface area contributed by atoms with Crippen LogP contribution >= 0.6 is 11.6 Å². The van der Waals surface area contributed by atoms with E-state index in [9.17, 15) is 0 Å². The summed E-state index contributed by atoms with van der Waals surface area (Å²) in [6.07, 6.45) is 2.30. The zero-order chi connectivity index (χ0) is 14.1. The first kappa shape index (κ1) is 13.7. The number of ether oxygens (including phenoxy) is 1. The summed E-state index contributed by atoms with van der Waals surface area (Å²) < 4.78 is 7.60. The van der Waals surface area contributed by atoms with Crippen LogP contribution < -0.4 is 4.74 Å². The summed E-state index contributed by atoms with van der Waals surface area (Å²) in [6, 6.07) is 6.57. The third-order valence-electron chi connectivity index (χ3n) is 4.14. The fourth-order valence-corrected chi connectivity index (χ4v) is 3.20. The average molecular weight is 294 g/mol. The molecule has 0 radical (unpaired) electrons. The van der Waals surface area contributed by atoms with Crippen LogP contribution in [0.1, 0.15) is 24.7 Å². The molecule has 20 heavy (non-hydrogen) atoms. The average Bonchev–Trinajstić information content (AvgIpc) is 2.85. The maximum atomic E-state index is 6.10. The molecule has 2 aromatic rings. The van der Waals surface area contributed by atoms with Gasteiger partial charge in [0.2, 0.25) is 0 Å². The van der Waals surface area contributed by atoms with E-state index in [1.54, 1.807) is 7.11 Å². The minimum atomic E-state index is 0.448. The van der Waals surface area contributed by atoms with Gasteiger partial charge in [0, 0.05) is 12.1 Å². The van der Waals surface area contributed by atoms with Gasteiger partial charge in [0.1, 0.15) is 11.6 Å². The summed E-state index contributed by atoms with van der Waals surface area (Å²) in [5, 5.41) is 0. The van der Waals surface area contributed by atoms with Crippen molar-refractivity contribution in [3.05, 3.63) is 24.0 Å². The standard InChI is InChI=1S/C15H20ClN3O/c1-18-7-5-11(6-8-18)19-14-4-3-12(20-2)9-13(14)17-15(19)10-16/h3-4,9,11H,5-8,10H2,1-2H3. The highest BCUT2D eigenvalue weighted by atomic mass is 35.5. The predicted molar refractivity (Wildman–Crippen MR) is 81.6 cm³/mol. The molecule has 0 bridgehead atoms. The number of imidazole rings is 1. The van der Waals surface area contributed by atoms with Crippen molar-refractivity contribution in [3.63, 3.8) is 0 Å². The number of rotatable bonds is 3. The maximum absolute atomic E-state index is 6.10. The largest absolute Gasteiger partial charge is 0.497 e. The van der Waals surface area contributed by atoms with Crippen molar-refractivity contribution in [2.45, 2.75) is 24.8 Å². The first-order chi connectivity index (χ1) is 9.72. The van der Waals surface area contributed by atoms with E-state index < -0.39 is 0 Å². The first-order valence-electron chi connectivity index (χ1n) is 7.02. The quantitative estimate of drug-likeness (QED) is 0.815. The summed E-state index contributed by atoms with van der Waals surface area (Å²) in [7, 11) is 3.85. The van der Waals surface area contributed by atoms with Crippen LogP contribution in [0.15, 0.2) is 18.2 Å². The van der Waals surface area contributed by atoms with Gasteiger partial charge in [-0.05, 0) is 45.1 Å². The number of hydrogen-bond acceptors (Lipinski definition) is 3. The molecule has 0 N–H and O–H groups in total. The summed E-state index contributed by atoms with van der Waals surface area (Å²) in [4.78, 5) is 7.05. The molecule has 0 saturated carbocycles. The van der Waals surface area contributed by atoms with Gasteiger partial charge in [0.25, 0.3) is 0 Å². The van der Waals surface area contributed by atoms with Crippen LogP contribution in [0.5, 0.6) is 5.75 Å². The number of hydrogen-bond donors (Lipinski definition) is 0. The molecule has 1 aromatic heterocycles. The van der Waals surface area contributed by atoms with Crippen molar-refractivity contribution in [2.24, 2.45) is 0 Å². The minimum Gasteiger partial charge on any atom is -0.497 e. The van der Waals surface area contributed by atoms with Crippen LogP contribution in [-0.4, -0.2) is 41.7 Å². The van der Waals surface area contributed by atoms with Crippen LogP contribution in [0.25, 0.3) is 11.0 Å². The Balaban J connectivity index is 2.04. The Hall–Kier alpha value is -1.26. The number of alkyl halides is 1. The number of methoxy groups -OCH3 is 1. The fraction of sp³-hybridized carbons (Fsp3) is 0.533. The van der Waals surface area contributed by atoms with E-state index in [0.717, 1.165) is 48.5 Å². The van der Waals surface area contributed by atoms with E-state index in [0.29, 0.717) is 11.9 Å². The van der Waals surface area contributed by atoms with Gasteiger partial charge < -0.3 is 14.2 Å². The van der Waals surface area contributed by atoms with Crippen LogP contribution in [-0.2, 0) is 5.88 Å². The van der Waals surface area contributed by atoms with Crippen LogP contribution in [0.3, 0.4) is 0 Å². The predicted octanol–water partition coefficient (Wildman–Crippen LogP) is 3.05. The van der Waals surface area contributed by atoms with Crippen LogP contribution in [0.2, 0.25) is 0 Å². The molecule has 1 aliphatic rings. The Labute approximate surface area is 124 Å². The number of aromatic nitrogens is 2. The zero-order valence-electron chi connectivity index (χ0n) is 12.0. The van der Waals surface area contributed by atoms with Crippen LogP contribution in [0.4, 0.5) is 0 Å². The molecule has 1 fully saturated rings. The van der Waals surface area contributed by atoms with Gasteiger partial charge in [-0.1, -0.05) is 0 Å². The minimum absolute atomic E-state index is 0.448. The normalized spacial score (nSPS) is 17.8. The molecule has 0 spiro atoms. The third-order valence-corrected chi connectivity index (χ3v) is 4.38. The lowest BCUT2D eigenvalue weighted by molar-refractivity contribution is 0.222. The Morgan fingerprint density at radius 3 is 2.75 bits per heavy atom. The highest BCUT2D eigenvalue weighted by molar-refractivity contribution is 6.16. The molecule has 0 atom stereocenters. The number of benzene rings is 1. The highest BCUT2D eigenvalue weighted by Gasteiger charge is 2.22. The maximum Gasteiger partial charge on any atom is 0.125 e. The second-order valence-corrected chi connectivity index (χ2v) is 5.69. The number of fused-ring (bicyclic) bond motifs is 1. The molecule has 0 unspecified atom stereocenters. The monoisotopic (exact) mass is 293 g/mol. The molecule has 1 aromatic carbocycles. The molecule has 5 heteroatoms. The van der Waals surface area contributed by atoms with Gasteiger partial charge in [-0.15, -0.1) is 11.6 Å². The van der Waals surface area contributed by atoms with Crippen molar-refractivity contribution in [2.75, 3.05) is 27.2 Å². The topological polar surface area (TPSA) is 30.3 Å². The Kier molecular flexibility index (Phi) is 3.85. The van der Waals surface area contributed by atoms with Gasteiger partial charge in [-0.3, -0.25) is 0 Å².